The van der Waals surface area contributed by atoms with Gasteiger partial charge in [-0.3, -0.25) is 0 Å². The molecule has 2 fully saturated rings. The van der Waals surface area contributed by atoms with E-state index in [1.165, 1.54) is 4.31 Å². The van der Waals surface area contributed by atoms with Crippen LogP contribution in [0.2, 0.25) is 0 Å². The van der Waals surface area contributed by atoms with Crippen LogP contribution in [0.25, 0.3) is 11.0 Å². The lowest BCUT2D eigenvalue weighted by Crippen LogP contribution is -2.39. The third-order valence-corrected chi connectivity index (χ3v) is 8.07. The Labute approximate surface area is 164 Å². The minimum Gasteiger partial charge on any atom is -0.389 e. The van der Waals surface area contributed by atoms with Gasteiger partial charge < -0.3 is 20.1 Å². The molecule has 0 radical (unpaired) electrons. The summed E-state index contributed by atoms with van der Waals surface area (Å²) in [5.74, 6) is 1.07. The van der Waals surface area contributed by atoms with E-state index in [4.69, 9.17) is 0 Å². The molecule has 3 N–H and O–H groups in total. The van der Waals surface area contributed by atoms with E-state index in [9.17, 15) is 18.6 Å². The number of nitrogens with zero attached hydrogens (tertiary/aromatic N) is 4. The van der Waals surface area contributed by atoms with Gasteiger partial charge in [-0.15, -0.1) is 0 Å². The second-order valence-corrected chi connectivity index (χ2v) is 9.97. The minimum atomic E-state index is -3.46. The van der Waals surface area contributed by atoms with Crippen molar-refractivity contribution in [3.63, 3.8) is 0 Å². The average molecular weight is 410 g/mol. The lowest BCUT2D eigenvalue weighted by molar-refractivity contribution is 0.0572. The van der Waals surface area contributed by atoms with E-state index in [0.29, 0.717) is 6.04 Å². The van der Waals surface area contributed by atoms with E-state index in [2.05, 4.69) is 19.9 Å². The fourth-order valence-electron chi connectivity index (χ4n) is 4.38. The van der Waals surface area contributed by atoms with Crippen molar-refractivity contribution >= 4 is 26.9 Å². The molecule has 2 atom stereocenters. The Morgan fingerprint density at radius 1 is 1.18 bits per heavy atom. The van der Waals surface area contributed by atoms with Crippen LogP contribution in [0.4, 0.5) is 5.82 Å². The highest BCUT2D eigenvalue weighted by Crippen LogP contribution is 2.32. The second-order valence-electron chi connectivity index (χ2n) is 7.95. The average Bonchev–Trinajstić information content (AvgIpc) is 3.28. The van der Waals surface area contributed by atoms with Gasteiger partial charge in [0.25, 0.3) is 0 Å². The zero-order chi connectivity index (χ0) is 19.9. The van der Waals surface area contributed by atoms with Gasteiger partial charge in [0.15, 0.2) is 0 Å². The molecule has 2 aliphatic rings. The fourth-order valence-corrected chi connectivity index (χ4v) is 6.28. The third-order valence-electron chi connectivity index (χ3n) is 6.10. The van der Waals surface area contributed by atoms with Crippen molar-refractivity contribution in [2.75, 3.05) is 30.8 Å². The Morgan fingerprint density at radius 2 is 1.86 bits per heavy atom. The van der Waals surface area contributed by atoms with Gasteiger partial charge >= 0.3 is 0 Å². The molecule has 1 aliphatic carbocycles. The summed E-state index contributed by atoms with van der Waals surface area (Å²) >= 11 is 0. The van der Waals surface area contributed by atoms with Gasteiger partial charge in [-0.05, 0) is 37.7 Å². The molecule has 2 aromatic rings. The molecule has 10 heteroatoms. The molecule has 1 saturated heterocycles. The van der Waals surface area contributed by atoms with Gasteiger partial charge in [0.05, 0.1) is 23.3 Å². The van der Waals surface area contributed by atoms with Gasteiger partial charge in [0.2, 0.25) is 10.0 Å². The SMILES string of the molecule is CN(c1ncnc2[nH]ccc12)C1CCC(CS(=O)(=O)N2C[C@H](O)[C@@H](O)C2)CC1. The predicted molar refractivity (Wildman–Crippen MR) is 105 cm³/mol. The Hall–Kier alpha value is -1.75. The van der Waals surface area contributed by atoms with Gasteiger partial charge in [0, 0.05) is 32.4 Å². The monoisotopic (exact) mass is 409 g/mol. The molecular weight excluding hydrogens is 382 g/mol. The van der Waals surface area contributed by atoms with E-state index < -0.39 is 22.2 Å². The topological polar surface area (TPSA) is 123 Å². The Bertz CT molecular complexity index is 915. The van der Waals surface area contributed by atoms with Crippen LogP contribution in [-0.2, 0) is 10.0 Å². The maximum Gasteiger partial charge on any atom is 0.214 e. The summed E-state index contributed by atoms with van der Waals surface area (Å²) in [6, 6.07) is 2.28. The first kappa shape index (κ1) is 19.6. The molecule has 28 heavy (non-hydrogen) atoms. The van der Waals surface area contributed by atoms with E-state index in [1.54, 1.807) is 6.33 Å². The summed E-state index contributed by atoms with van der Waals surface area (Å²) in [6.07, 6.45) is 4.89. The number of nitrogens with one attached hydrogen (secondary N) is 1. The third kappa shape index (κ3) is 3.73. The van der Waals surface area contributed by atoms with Crippen LogP contribution in [0.1, 0.15) is 25.7 Å². The molecule has 0 amide bonds. The number of anilines is 1. The lowest BCUT2D eigenvalue weighted by atomic mass is 9.86. The maximum absolute atomic E-state index is 12.6. The van der Waals surface area contributed by atoms with Crippen molar-refractivity contribution in [1.29, 1.82) is 0 Å². The normalized spacial score (nSPS) is 29.4. The second kappa shape index (κ2) is 7.58. The molecule has 0 spiro atoms. The highest BCUT2D eigenvalue weighted by atomic mass is 32.2. The molecule has 0 bridgehead atoms. The van der Waals surface area contributed by atoms with Gasteiger partial charge in [-0.25, -0.2) is 18.4 Å². The summed E-state index contributed by atoms with van der Waals surface area (Å²) in [5.41, 5.74) is 0.812. The number of sulfonamides is 1. The highest BCUT2D eigenvalue weighted by molar-refractivity contribution is 7.89. The quantitative estimate of drug-likeness (QED) is 0.650. The fraction of sp³-hybridized carbons (Fsp3) is 0.667. The Morgan fingerprint density at radius 3 is 2.54 bits per heavy atom. The summed E-state index contributed by atoms with van der Waals surface area (Å²) < 4.78 is 26.5. The number of rotatable bonds is 5. The van der Waals surface area contributed by atoms with Crippen molar-refractivity contribution in [2.24, 2.45) is 5.92 Å². The van der Waals surface area contributed by atoms with E-state index >= 15 is 0 Å². The summed E-state index contributed by atoms with van der Waals surface area (Å²) in [4.78, 5) is 13.9. The number of β-amino-alcohol motifs (C(OH)–C–C–N with tert-alkyl or cyclic N) is 2. The van der Waals surface area contributed by atoms with Crippen molar-refractivity contribution in [1.82, 2.24) is 19.3 Å². The molecule has 0 aromatic carbocycles. The Kier molecular flexibility index (Phi) is 5.30. The van der Waals surface area contributed by atoms with Gasteiger partial charge in [-0.2, -0.15) is 4.31 Å². The van der Waals surface area contributed by atoms with Crippen LogP contribution in [-0.4, -0.2) is 82.0 Å². The minimum absolute atomic E-state index is 0.0119. The lowest BCUT2D eigenvalue weighted by Gasteiger charge is -2.35. The van der Waals surface area contributed by atoms with Crippen LogP contribution in [0.5, 0.6) is 0 Å². The summed E-state index contributed by atoms with van der Waals surface area (Å²) in [5, 5.41) is 20.2. The van der Waals surface area contributed by atoms with Crippen LogP contribution in [0.3, 0.4) is 0 Å². The number of aliphatic hydroxyl groups is 2. The number of fused-ring (bicyclic) bond motifs is 1. The number of aromatic nitrogens is 3. The van der Waals surface area contributed by atoms with Crippen molar-refractivity contribution < 1.29 is 18.6 Å². The maximum atomic E-state index is 12.6. The van der Waals surface area contributed by atoms with Crippen LogP contribution in [0.15, 0.2) is 18.6 Å². The smallest absolute Gasteiger partial charge is 0.214 e. The van der Waals surface area contributed by atoms with Crippen molar-refractivity contribution in [2.45, 2.75) is 43.9 Å². The first-order chi connectivity index (χ1) is 13.3. The molecule has 1 saturated carbocycles. The number of H-pyrrole nitrogens is 1. The zero-order valence-corrected chi connectivity index (χ0v) is 16.7. The van der Waals surface area contributed by atoms with Crippen LogP contribution < -0.4 is 4.90 Å². The van der Waals surface area contributed by atoms with Crippen molar-refractivity contribution in [3.8, 4) is 0 Å². The van der Waals surface area contributed by atoms with Crippen LogP contribution >= 0.6 is 0 Å². The molecule has 2 aromatic heterocycles. The van der Waals surface area contributed by atoms with Crippen molar-refractivity contribution in [3.05, 3.63) is 18.6 Å². The molecular formula is C18H27N5O4S. The van der Waals surface area contributed by atoms with E-state index in [0.717, 1.165) is 42.5 Å². The number of aliphatic hydroxyl groups excluding tert-OH is 2. The van der Waals surface area contributed by atoms with E-state index in [1.807, 2.05) is 19.3 Å². The molecule has 4 rings (SSSR count). The van der Waals surface area contributed by atoms with Gasteiger partial charge in [0.1, 0.15) is 17.8 Å². The van der Waals surface area contributed by atoms with E-state index in [-0.39, 0.29) is 24.8 Å². The molecule has 0 unspecified atom stereocenters. The molecule has 154 valence electrons. The number of aromatic amines is 1. The first-order valence-electron chi connectivity index (χ1n) is 9.70. The predicted octanol–water partition coefficient (Wildman–Crippen LogP) is 0.320. The Balaban J connectivity index is 1.36. The van der Waals surface area contributed by atoms with Crippen LogP contribution in [0, 0.1) is 5.92 Å². The molecule has 3 heterocycles. The molecule has 1 aliphatic heterocycles. The van der Waals surface area contributed by atoms with Gasteiger partial charge in [-0.1, -0.05) is 0 Å². The molecule has 9 nitrogen and oxygen atoms in total. The largest absolute Gasteiger partial charge is 0.389 e. The first-order valence-corrected chi connectivity index (χ1v) is 11.3. The summed E-state index contributed by atoms with van der Waals surface area (Å²) in [7, 11) is -1.43. The number of hydrogen-bond donors (Lipinski definition) is 3. The highest BCUT2D eigenvalue weighted by Gasteiger charge is 2.38. The summed E-state index contributed by atoms with van der Waals surface area (Å²) in [6.45, 7) is -0.0239. The zero-order valence-electron chi connectivity index (χ0n) is 15.9. The number of hydrogen-bond acceptors (Lipinski definition) is 7. The standard InChI is InChI=1S/C18H27N5O4S/c1-22(18-14-6-7-19-17(14)20-11-21-18)13-4-2-12(3-5-13)10-28(26,27)23-8-15(24)16(25)9-23/h6-7,11-13,15-16,24-25H,2-5,8-10H2,1H3,(H,19,20,21)/t12?,13?,15-,16-/m0/s1.